The Labute approximate surface area is 164 Å². The summed E-state index contributed by atoms with van der Waals surface area (Å²) in [5, 5.41) is 0.835. The van der Waals surface area contributed by atoms with E-state index >= 15 is 0 Å². The van der Waals surface area contributed by atoms with E-state index in [9.17, 15) is 4.79 Å². The van der Waals surface area contributed by atoms with Crippen molar-refractivity contribution in [2.75, 3.05) is 11.5 Å². The minimum atomic E-state index is -0.501. The van der Waals surface area contributed by atoms with Gasteiger partial charge >= 0.3 is 5.97 Å². The molecule has 1 unspecified atom stereocenters. The van der Waals surface area contributed by atoms with Crippen LogP contribution in [0.15, 0.2) is 30.5 Å². The van der Waals surface area contributed by atoms with Gasteiger partial charge in [0.25, 0.3) is 0 Å². The number of hydrogen-bond donors (Lipinski definition) is 3. The molecule has 2 heterocycles. The lowest BCUT2D eigenvalue weighted by Crippen LogP contribution is -2.23. The highest BCUT2D eigenvalue weighted by molar-refractivity contribution is 5.90. The lowest BCUT2D eigenvalue weighted by molar-refractivity contribution is 0.00695. The van der Waals surface area contributed by atoms with E-state index in [4.69, 9.17) is 16.2 Å². The van der Waals surface area contributed by atoms with Gasteiger partial charge in [0, 0.05) is 6.20 Å². The van der Waals surface area contributed by atoms with Crippen LogP contribution in [0.3, 0.4) is 0 Å². The van der Waals surface area contributed by atoms with Gasteiger partial charge in [-0.05, 0) is 62.8 Å². The zero-order valence-electron chi connectivity index (χ0n) is 16.7. The van der Waals surface area contributed by atoms with Crippen molar-refractivity contribution in [2.45, 2.75) is 52.1 Å². The summed E-state index contributed by atoms with van der Waals surface area (Å²) >= 11 is 0. The van der Waals surface area contributed by atoms with Crippen molar-refractivity contribution in [1.82, 2.24) is 15.0 Å². The molecule has 0 spiro atoms. The van der Waals surface area contributed by atoms with Gasteiger partial charge in [-0.2, -0.15) is 9.97 Å². The Kier molecular flexibility index (Phi) is 5.27. The van der Waals surface area contributed by atoms with Crippen LogP contribution in [0, 0.1) is 0 Å². The summed E-state index contributed by atoms with van der Waals surface area (Å²) in [7, 11) is 0. The number of aryl methyl sites for hydroxylation is 1. The molecule has 0 aliphatic rings. The maximum Gasteiger partial charge on any atom is 0.338 e. The molecular formula is C21H27N5O2. The van der Waals surface area contributed by atoms with Gasteiger partial charge in [0.1, 0.15) is 17.1 Å². The highest BCUT2D eigenvalue weighted by Crippen LogP contribution is 2.27. The summed E-state index contributed by atoms with van der Waals surface area (Å²) in [6.45, 7) is 7.74. The highest BCUT2D eigenvalue weighted by atomic mass is 16.6. The third kappa shape index (κ3) is 4.42. The molecule has 0 saturated heterocycles. The first-order chi connectivity index (χ1) is 13.1. The number of anilines is 2. The zero-order valence-corrected chi connectivity index (χ0v) is 16.7. The number of aromatic amines is 1. The summed E-state index contributed by atoms with van der Waals surface area (Å²) < 4.78 is 5.41. The molecule has 0 bridgehead atoms. The molecule has 3 rings (SSSR count). The number of aromatic nitrogens is 3. The third-order valence-corrected chi connectivity index (χ3v) is 4.62. The minimum absolute atomic E-state index is 0.164. The van der Waals surface area contributed by atoms with Crippen LogP contribution in [0.4, 0.5) is 11.8 Å². The van der Waals surface area contributed by atoms with E-state index in [1.807, 2.05) is 51.2 Å². The number of nitrogens with two attached hydrogens (primary N) is 2. The van der Waals surface area contributed by atoms with Crippen LogP contribution in [0.25, 0.3) is 11.0 Å². The summed E-state index contributed by atoms with van der Waals surface area (Å²) in [4.78, 5) is 23.5. The molecule has 0 saturated carbocycles. The monoisotopic (exact) mass is 381 g/mol. The van der Waals surface area contributed by atoms with E-state index in [0.29, 0.717) is 22.9 Å². The van der Waals surface area contributed by atoms with Crippen LogP contribution in [0.2, 0.25) is 0 Å². The van der Waals surface area contributed by atoms with Crippen molar-refractivity contribution >= 4 is 28.8 Å². The van der Waals surface area contributed by atoms with Crippen molar-refractivity contribution in [3.8, 4) is 0 Å². The first kappa shape index (κ1) is 19.7. The molecule has 28 heavy (non-hydrogen) atoms. The van der Waals surface area contributed by atoms with E-state index in [0.717, 1.165) is 23.8 Å². The van der Waals surface area contributed by atoms with Gasteiger partial charge in [-0.15, -0.1) is 0 Å². The lowest BCUT2D eigenvalue weighted by Gasteiger charge is -2.19. The van der Waals surface area contributed by atoms with Crippen molar-refractivity contribution in [3.63, 3.8) is 0 Å². The third-order valence-electron chi connectivity index (χ3n) is 4.62. The topological polar surface area (TPSA) is 120 Å². The number of esters is 1. The maximum absolute atomic E-state index is 12.1. The van der Waals surface area contributed by atoms with Crippen LogP contribution < -0.4 is 11.5 Å². The molecule has 0 aliphatic heterocycles. The molecule has 0 fully saturated rings. The average molecular weight is 381 g/mol. The maximum atomic E-state index is 12.1. The molecule has 0 amide bonds. The normalized spacial score (nSPS) is 12.9. The molecule has 5 N–H and O–H groups in total. The second kappa shape index (κ2) is 7.50. The predicted molar refractivity (Wildman–Crippen MR) is 111 cm³/mol. The van der Waals surface area contributed by atoms with Crippen LogP contribution >= 0.6 is 0 Å². The molecule has 0 radical (unpaired) electrons. The Morgan fingerprint density at radius 3 is 2.50 bits per heavy atom. The van der Waals surface area contributed by atoms with Gasteiger partial charge < -0.3 is 21.2 Å². The van der Waals surface area contributed by atoms with Crippen LogP contribution in [0.5, 0.6) is 0 Å². The van der Waals surface area contributed by atoms with E-state index in [1.165, 1.54) is 5.56 Å². The quantitative estimate of drug-likeness (QED) is 0.578. The number of rotatable bonds is 5. The molecule has 3 aromatic rings. The van der Waals surface area contributed by atoms with Crippen molar-refractivity contribution in [3.05, 3.63) is 47.2 Å². The van der Waals surface area contributed by atoms with E-state index in [1.54, 1.807) is 0 Å². The fourth-order valence-corrected chi connectivity index (χ4v) is 3.17. The van der Waals surface area contributed by atoms with Gasteiger partial charge in [0.15, 0.2) is 0 Å². The standard InChI is InChI=1S/C21H27N5O2/c1-12(13-7-9-14(10-8-13)19(27)28-21(2,3)4)5-6-15-11-24-18-16(15)17(22)25-20(23)26-18/h7-12H,5-6H2,1-4H3,(H5,22,23,24,25,26). The highest BCUT2D eigenvalue weighted by Gasteiger charge is 2.18. The van der Waals surface area contributed by atoms with Crippen molar-refractivity contribution in [1.29, 1.82) is 0 Å². The molecule has 148 valence electrons. The van der Waals surface area contributed by atoms with Gasteiger partial charge in [0.05, 0.1) is 10.9 Å². The Morgan fingerprint density at radius 1 is 1.18 bits per heavy atom. The molecule has 1 atom stereocenters. The number of nitrogens with zero attached hydrogens (tertiary/aromatic N) is 2. The van der Waals surface area contributed by atoms with Gasteiger partial charge in [0.2, 0.25) is 5.95 Å². The average Bonchev–Trinajstić information content (AvgIpc) is 3.01. The van der Waals surface area contributed by atoms with E-state index in [2.05, 4.69) is 21.9 Å². The van der Waals surface area contributed by atoms with E-state index < -0.39 is 5.60 Å². The van der Waals surface area contributed by atoms with Crippen LogP contribution in [-0.2, 0) is 11.2 Å². The summed E-state index contributed by atoms with van der Waals surface area (Å²) in [5.74, 6) is 0.568. The lowest BCUT2D eigenvalue weighted by atomic mass is 9.93. The van der Waals surface area contributed by atoms with Gasteiger partial charge in [-0.3, -0.25) is 0 Å². The number of benzene rings is 1. The second-order valence-corrected chi connectivity index (χ2v) is 8.07. The molecular weight excluding hydrogens is 354 g/mol. The molecule has 7 heteroatoms. The summed E-state index contributed by atoms with van der Waals surface area (Å²) in [6, 6.07) is 7.61. The smallest absolute Gasteiger partial charge is 0.338 e. The summed E-state index contributed by atoms with van der Waals surface area (Å²) in [5.41, 5.74) is 14.6. The fraction of sp³-hybridized carbons (Fsp3) is 0.381. The molecule has 2 aromatic heterocycles. The Hall–Kier alpha value is -3.09. The Balaban J connectivity index is 1.67. The predicted octanol–water partition coefficient (Wildman–Crippen LogP) is 3.81. The molecule has 7 nitrogen and oxygen atoms in total. The second-order valence-electron chi connectivity index (χ2n) is 8.07. The largest absolute Gasteiger partial charge is 0.456 e. The molecule has 0 aliphatic carbocycles. The number of carbonyl (C=O) groups is 1. The number of hydrogen-bond acceptors (Lipinski definition) is 6. The first-order valence-corrected chi connectivity index (χ1v) is 9.36. The van der Waals surface area contributed by atoms with Crippen LogP contribution in [-0.4, -0.2) is 26.5 Å². The molecule has 1 aromatic carbocycles. The van der Waals surface area contributed by atoms with Crippen molar-refractivity contribution < 1.29 is 9.53 Å². The zero-order chi connectivity index (χ0) is 20.5. The SMILES string of the molecule is CC(CCc1c[nH]c2nc(N)nc(N)c12)c1ccc(C(=O)OC(C)(C)C)cc1. The number of H-pyrrole nitrogens is 1. The number of carbonyl (C=O) groups excluding carboxylic acids is 1. The van der Waals surface area contributed by atoms with Crippen molar-refractivity contribution in [2.24, 2.45) is 0 Å². The summed E-state index contributed by atoms with van der Waals surface area (Å²) in [6.07, 6.45) is 3.66. The fourth-order valence-electron chi connectivity index (χ4n) is 3.17. The minimum Gasteiger partial charge on any atom is -0.456 e. The number of fused-ring (bicyclic) bond motifs is 1. The van der Waals surface area contributed by atoms with E-state index in [-0.39, 0.29) is 11.9 Å². The Bertz CT molecular complexity index is 986. The number of ether oxygens (including phenoxy) is 1. The van der Waals surface area contributed by atoms with Gasteiger partial charge in [-0.25, -0.2) is 4.79 Å². The number of nitrogens with one attached hydrogen (secondary N) is 1. The number of nitrogen functional groups attached to an aromatic ring is 2. The van der Waals surface area contributed by atoms with Crippen LogP contribution in [0.1, 0.15) is 61.5 Å². The first-order valence-electron chi connectivity index (χ1n) is 9.36. The van der Waals surface area contributed by atoms with Gasteiger partial charge in [-0.1, -0.05) is 19.1 Å². The Morgan fingerprint density at radius 2 is 1.86 bits per heavy atom.